The number of nitrogens with one attached hydrogen (secondary N) is 1. The Bertz CT molecular complexity index is 1360. The number of nitro groups is 1. The Kier molecular flexibility index (Phi) is 7.69. The monoisotopic (exact) mass is 507 g/mol. The summed E-state index contributed by atoms with van der Waals surface area (Å²) in [6.45, 7) is 1.45. The molecule has 0 fully saturated rings. The minimum Gasteiger partial charge on any atom is -0.348 e. The normalized spacial score (nSPS) is 13.9. The third kappa shape index (κ3) is 5.57. The van der Waals surface area contributed by atoms with Crippen LogP contribution in [0.1, 0.15) is 48.9 Å². The second kappa shape index (κ2) is 10.9. The smallest absolute Gasteiger partial charge is 0.271 e. The fraction of sp³-hybridized carbons (Fsp3) is 0.296. The van der Waals surface area contributed by atoms with Gasteiger partial charge in [0.05, 0.1) is 21.5 Å². The number of nitro benzene ring substituents is 1. The van der Waals surface area contributed by atoms with Gasteiger partial charge in [-0.15, -0.1) is 0 Å². The number of aryl methyl sites for hydroxylation is 2. The summed E-state index contributed by atoms with van der Waals surface area (Å²) in [4.78, 5) is 23.9. The predicted molar refractivity (Wildman–Crippen MR) is 138 cm³/mol. The number of carbonyl (C=O) groups is 1. The molecule has 0 bridgehead atoms. The molecule has 0 aromatic heterocycles. The molecular formula is C27H29N3O5S. The van der Waals surface area contributed by atoms with Crippen molar-refractivity contribution in [2.45, 2.75) is 50.0 Å². The number of rotatable bonds is 9. The maximum Gasteiger partial charge on any atom is 0.271 e. The van der Waals surface area contributed by atoms with Crippen molar-refractivity contribution in [3.05, 3.63) is 99.6 Å². The first-order chi connectivity index (χ1) is 17.3. The van der Waals surface area contributed by atoms with E-state index in [1.807, 2.05) is 13.0 Å². The molecule has 0 heterocycles. The summed E-state index contributed by atoms with van der Waals surface area (Å²) in [5.41, 5.74) is 3.42. The third-order valence-electron chi connectivity index (χ3n) is 6.47. The van der Waals surface area contributed by atoms with Crippen LogP contribution in [0.25, 0.3) is 0 Å². The van der Waals surface area contributed by atoms with E-state index < -0.39 is 27.4 Å². The van der Waals surface area contributed by atoms with Gasteiger partial charge in [-0.1, -0.05) is 49.4 Å². The van der Waals surface area contributed by atoms with Gasteiger partial charge in [-0.25, -0.2) is 8.42 Å². The van der Waals surface area contributed by atoms with Crippen LogP contribution < -0.4 is 9.62 Å². The number of carbonyl (C=O) groups excluding carboxylic acids is 1. The van der Waals surface area contributed by atoms with Crippen molar-refractivity contribution in [1.82, 2.24) is 5.32 Å². The van der Waals surface area contributed by atoms with Crippen molar-refractivity contribution in [1.29, 1.82) is 0 Å². The Labute approximate surface area is 211 Å². The summed E-state index contributed by atoms with van der Waals surface area (Å²) >= 11 is 0. The van der Waals surface area contributed by atoms with Gasteiger partial charge in [-0.3, -0.25) is 19.2 Å². The maximum absolute atomic E-state index is 13.5. The Balaban J connectivity index is 1.62. The standard InChI is InChI=1S/C27H29N3O5S/c1-2-26(22-16-15-20-9-6-7-10-21(20)17-22)28-27(31)19-29(23-11-8-12-24(18-23)30(32)33)36(34,35)25-13-4-3-5-14-25/h3-5,8,11-18,26H,2,6-7,9-10,19H2,1H3,(H,28,31)/t26-/m1/s1. The van der Waals surface area contributed by atoms with E-state index in [-0.39, 0.29) is 22.3 Å². The Hall–Kier alpha value is -3.72. The Morgan fingerprint density at radius 2 is 1.72 bits per heavy atom. The molecule has 4 rings (SSSR count). The summed E-state index contributed by atoms with van der Waals surface area (Å²) in [5.74, 6) is -0.495. The van der Waals surface area contributed by atoms with Crippen molar-refractivity contribution in [3.8, 4) is 0 Å². The molecule has 0 aliphatic heterocycles. The quantitative estimate of drug-likeness (QED) is 0.326. The van der Waals surface area contributed by atoms with Crippen molar-refractivity contribution >= 4 is 27.3 Å². The highest BCUT2D eigenvalue weighted by atomic mass is 32.2. The van der Waals surface area contributed by atoms with E-state index in [1.165, 1.54) is 47.9 Å². The third-order valence-corrected chi connectivity index (χ3v) is 8.25. The zero-order valence-electron chi connectivity index (χ0n) is 20.1. The molecule has 36 heavy (non-hydrogen) atoms. The van der Waals surface area contributed by atoms with E-state index in [4.69, 9.17) is 0 Å². The highest BCUT2D eigenvalue weighted by molar-refractivity contribution is 7.92. The van der Waals surface area contributed by atoms with E-state index in [2.05, 4.69) is 17.4 Å². The molecule has 1 amide bonds. The lowest BCUT2D eigenvalue weighted by Gasteiger charge is -2.26. The predicted octanol–water partition coefficient (Wildman–Crippen LogP) is 4.94. The average molecular weight is 508 g/mol. The molecule has 188 valence electrons. The highest BCUT2D eigenvalue weighted by Gasteiger charge is 2.29. The van der Waals surface area contributed by atoms with Gasteiger partial charge in [0, 0.05) is 12.1 Å². The number of hydrogen-bond acceptors (Lipinski definition) is 5. The molecule has 0 spiro atoms. The zero-order valence-corrected chi connectivity index (χ0v) is 20.9. The van der Waals surface area contributed by atoms with Crippen LogP contribution in [0.4, 0.5) is 11.4 Å². The minimum absolute atomic E-state index is 0.00830. The number of hydrogen-bond donors (Lipinski definition) is 1. The average Bonchev–Trinajstić information content (AvgIpc) is 2.90. The Morgan fingerprint density at radius 3 is 2.42 bits per heavy atom. The topological polar surface area (TPSA) is 110 Å². The van der Waals surface area contributed by atoms with Gasteiger partial charge in [-0.05, 0) is 67.0 Å². The van der Waals surface area contributed by atoms with E-state index in [9.17, 15) is 23.3 Å². The van der Waals surface area contributed by atoms with E-state index >= 15 is 0 Å². The molecule has 0 radical (unpaired) electrons. The lowest BCUT2D eigenvalue weighted by atomic mass is 9.89. The first kappa shape index (κ1) is 25.4. The molecular weight excluding hydrogens is 478 g/mol. The number of non-ortho nitro benzene ring substituents is 1. The molecule has 1 aliphatic rings. The van der Waals surface area contributed by atoms with E-state index in [1.54, 1.807) is 18.2 Å². The summed E-state index contributed by atoms with van der Waals surface area (Å²) in [7, 11) is -4.16. The minimum atomic E-state index is -4.16. The summed E-state index contributed by atoms with van der Waals surface area (Å²) < 4.78 is 27.9. The van der Waals surface area contributed by atoms with Gasteiger partial charge in [0.1, 0.15) is 6.54 Å². The lowest BCUT2D eigenvalue weighted by molar-refractivity contribution is -0.384. The molecule has 1 atom stereocenters. The number of sulfonamides is 1. The van der Waals surface area contributed by atoms with Crippen LogP contribution in [0.5, 0.6) is 0 Å². The van der Waals surface area contributed by atoms with Crippen molar-refractivity contribution in [2.75, 3.05) is 10.8 Å². The summed E-state index contributed by atoms with van der Waals surface area (Å²) in [5, 5.41) is 14.3. The SMILES string of the molecule is CC[C@@H](NC(=O)CN(c1cccc([N+](=O)[O-])c1)S(=O)(=O)c1ccccc1)c1ccc2c(c1)CCCC2. The molecule has 0 unspecified atom stereocenters. The number of amides is 1. The number of nitrogens with zero attached hydrogens (tertiary/aromatic N) is 2. The van der Waals surface area contributed by atoms with Gasteiger partial charge in [0.25, 0.3) is 15.7 Å². The largest absolute Gasteiger partial charge is 0.348 e. The van der Waals surface area contributed by atoms with Crippen LogP contribution in [0, 0.1) is 10.1 Å². The van der Waals surface area contributed by atoms with Crippen LogP contribution in [0.3, 0.4) is 0 Å². The molecule has 0 saturated heterocycles. The van der Waals surface area contributed by atoms with Crippen LogP contribution in [-0.2, 0) is 27.7 Å². The molecule has 1 N–H and O–H groups in total. The molecule has 3 aromatic carbocycles. The number of anilines is 1. The van der Waals surface area contributed by atoms with Gasteiger partial charge in [0.2, 0.25) is 5.91 Å². The van der Waals surface area contributed by atoms with Gasteiger partial charge < -0.3 is 5.32 Å². The van der Waals surface area contributed by atoms with Crippen molar-refractivity contribution < 1.29 is 18.1 Å². The van der Waals surface area contributed by atoms with Crippen LogP contribution in [0.15, 0.2) is 77.7 Å². The zero-order chi connectivity index (χ0) is 25.7. The summed E-state index contributed by atoms with van der Waals surface area (Å²) in [6, 6.07) is 19.0. The van der Waals surface area contributed by atoms with Gasteiger partial charge in [-0.2, -0.15) is 0 Å². The first-order valence-corrected chi connectivity index (χ1v) is 13.5. The second-order valence-corrected chi connectivity index (χ2v) is 10.7. The first-order valence-electron chi connectivity index (χ1n) is 12.0. The molecule has 8 nitrogen and oxygen atoms in total. The number of fused-ring (bicyclic) bond motifs is 1. The molecule has 0 saturated carbocycles. The summed E-state index contributed by atoms with van der Waals surface area (Å²) in [6.07, 6.45) is 5.04. The van der Waals surface area contributed by atoms with Crippen LogP contribution in [0.2, 0.25) is 0 Å². The fourth-order valence-electron chi connectivity index (χ4n) is 4.56. The van der Waals surface area contributed by atoms with E-state index in [0.717, 1.165) is 35.2 Å². The van der Waals surface area contributed by atoms with Gasteiger partial charge in [0.15, 0.2) is 0 Å². The maximum atomic E-state index is 13.5. The van der Waals surface area contributed by atoms with Gasteiger partial charge >= 0.3 is 0 Å². The molecule has 1 aliphatic carbocycles. The van der Waals surface area contributed by atoms with Crippen LogP contribution in [-0.4, -0.2) is 25.8 Å². The van der Waals surface area contributed by atoms with Crippen molar-refractivity contribution in [2.24, 2.45) is 0 Å². The lowest BCUT2D eigenvalue weighted by Crippen LogP contribution is -2.42. The van der Waals surface area contributed by atoms with Crippen LogP contribution >= 0.6 is 0 Å². The Morgan fingerprint density at radius 1 is 1.00 bits per heavy atom. The molecule has 9 heteroatoms. The number of benzene rings is 3. The molecule has 3 aromatic rings. The fourth-order valence-corrected chi connectivity index (χ4v) is 5.99. The second-order valence-electron chi connectivity index (χ2n) is 8.87. The highest BCUT2D eigenvalue weighted by Crippen LogP contribution is 2.28. The van der Waals surface area contributed by atoms with Crippen molar-refractivity contribution in [3.63, 3.8) is 0 Å². The van der Waals surface area contributed by atoms with E-state index in [0.29, 0.717) is 6.42 Å².